The maximum Gasteiger partial charge on any atom is 0.409 e. The molecule has 0 unspecified atom stereocenters. The highest BCUT2D eigenvalue weighted by Gasteiger charge is 2.44. The summed E-state index contributed by atoms with van der Waals surface area (Å²) in [7, 11) is 1.48. The van der Waals surface area contributed by atoms with E-state index < -0.39 is 30.7 Å². The van der Waals surface area contributed by atoms with Gasteiger partial charge in [-0.25, -0.2) is 0 Å². The van der Waals surface area contributed by atoms with Crippen molar-refractivity contribution in [2.45, 2.75) is 70.2 Å². The van der Waals surface area contributed by atoms with Gasteiger partial charge in [0.2, 0.25) is 0 Å². The fourth-order valence-electron chi connectivity index (χ4n) is 4.89. The zero-order valence-electron chi connectivity index (χ0n) is 20.2. The Morgan fingerprint density at radius 1 is 1.06 bits per heavy atom. The number of carbonyl (C=O) groups is 1. The van der Waals surface area contributed by atoms with E-state index in [2.05, 4.69) is 38.2 Å². The van der Waals surface area contributed by atoms with E-state index in [1.807, 2.05) is 18.2 Å². The minimum Gasteiger partial charge on any atom is -0.497 e. The van der Waals surface area contributed by atoms with Crippen LogP contribution in [-0.2, 0) is 14.9 Å². The Balaban J connectivity index is 1.73. The third kappa shape index (κ3) is 6.45. The number of hydrogen-bond acceptors (Lipinski definition) is 4. The SMILES string of the molecule is COc1ccc(N[C@H](CC(=O)O[C@@H]2C[C@H](C)CC[C@H]2C(C)(C)c2ccccc2)C(F)(F)F)cc1. The molecule has 3 rings (SSSR count). The minimum absolute atomic E-state index is 0.0222. The number of anilines is 1. The molecule has 0 heterocycles. The second-order valence-corrected chi connectivity index (χ2v) is 9.81. The Hall–Kier alpha value is -2.70. The molecule has 0 radical (unpaired) electrons. The molecule has 1 saturated carbocycles. The maximum atomic E-state index is 13.7. The molecule has 0 aromatic heterocycles. The van der Waals surface area contributed by atoms with Crippen molar-refractivity contribution in [3.63, 3.8) is 0 Å². The molecule has 1 aliphatic rings. The van der Waals surface area contributed by atoms with Crippen molar-refractivity contribution < 1.29 is 27.4 Å². The van der Waals surface area contributed by atoms with Crippen molar-refractivity contribution in [3.8, 4) is 5.75 Å². The van der Waals surface area contributed by atoms with Gasteiger partial charge in [0, 0.05) is 11.6 Å². The largest absolute Gasteiger partial charge is 0.497 e. The van der Waals surface area contributed by atoms with Gasteiger partial charge in [0.15, 0.2) is 0 Å². The van der Waals surface area contributed by atoms with Crippen molar-refractivity contribution in [1.82, 2.24) is 0 Å². The molecule has 0 bridgehead atoms. The van der Waals surface area contributed by atoms with Crippen LogP contribution in [0.2, 0.25) is 0 Å². The van der Waals surface area contributed by atoms with Crippen molar-refractivity contribution in [2.75, 3.05) is 12.4 Å². The first-order valence-corrected chi connectivity index (χ1v) is 11.7. The quantitative estimate of drug-likeness (QED) is 0.427. The summed E-state index contributed by atoms with van der Waals surface area (Å²) in [5, 5.41) is 2.43. The second kappa shape index (κ2) is 10.7. The van der Waals surface area contributed by atoms with Gasteiger partial charge in [-0.1, -0.05) is 57.5 Å². The number of benzene rings is 2. The van der Waals surface area contributed by atoms with Crippen molar-refractivity contribution in [3.05, 3.63) is 60.2 Å². The number of rotatable bonds is 8. The van der Waals surface area contributed by atoms with Gasteiger partial charge >= 0.3 is 12.1 Å². The smallest absolute Gasteiger partial charge is 0.409 e. The number of hydrogen-bond donors (Lipinski definition) is 1. The number of halogens is 3. The van der Waals surface area contributed by atoms with E-state index in [4.69, 9.17) is 9.47 Å². The second-order valence-electron chi connectivity index (χ2n) is 9.81. The van der Waals surface area contributed by atoms with E-state index in [9.17, 15) is 18.0 Å². The van der Waals surface area contributed by atoms with Gasteiger partial charge in [-0.2, -0.15) is 13.2 Å². The van der Waals surface area contributed by atoms with Crippen LogP contribution in [-0.4, -0.2) is 31.4 Å². The number of carbonyl (C=O) groups excluding carboxylic acids is 1. The summed E-state index contributed by atoms with van der Waals surface area (Å²) < 4.78 is 52.1. The average molecular weight is 478 g/mol. The summed E-state index contributed by atoms with van der Waals surface area (Å²) in [4.78, 5) is 12.8. The Morgan fingerprint density at radius 2 is 1.71 bits per heavy atom. The number of nitrogens with one attached hydrogen (secondary N) is 1. The molecule has 0 spiro atoms. The van der Waals surface area contributed by atoms with E-state index in [0.717, 1.165) is 18.4 Å². The number of ether oxygens (including phenoxy) is 2. The van der Waals surface area contributed by atoms with E-state index in [0.29, 0.717) is 18.1 Å². The predicted molar refractivity (Wildman–Crippen MR) is 127 cm³/mol. The van der Waals surface area contributed by atoms with Gasteiger partial charge < -0.3 is 14.8 Å². The summed E-state index contributed by atoms with van der Waals surface area (Å²) in [6.45, 7) is 6.33. The zero-order chi connectivity index (χ0) is 24.9. The standard InChI is InChI=1S/C27H34F3NO3/c1-18-10-15-22(26(2,3)19-8-6-5-7-9-19)23(16-18)34-25(32)17-24(27(28,29)30)31-20-11-13-21(33-4)14-12-20/h5-9,11-14,18,22-24,31H,10,15-17H2,1-4H3/t18-,22-,23-,24-/m1/s1. The third-order valence-corrected chi connectivity index (χ3v) is 6.98. The molecule has 4 nitrogen and oxygen atoms in total. The van der Waals surface area contributed by atoms with E-state index in [-0.39, 0.29) is 17.0 Å². The van der Waals surface area contributed by atoms with Crippen LogP contribution in [0.15, 0.2) is 54.6 Å². The van der Waals surface area contributed by atoms with Crippen LogP contribution in [0.5, 0.6) is 5.75 Å². The first-order valence-electron chi connectivity index (χ1n) is 11.7. The molecule has 1 fully saturated rings. The molecule has 1 aliphatic carbocycles. The lowest BCUT2D eigenvalue weighted by atomic mass is 9.64. The molecule has 34 heavy (non-hydrogen) atoms. The first-order chi connectivity index (χ1) is 16.0. The zero-order valence-corrected chi connectivity index (χ0v) is 20.2. The Kier molecular flexibility index (Phi) is 8.16. The van der Waals surface area contributed by atoms with Crippen LogP contribution in [0.4, 0.5) is 18.9 Å². The van der Waals surface area contributed by atoms with Gasteiger partial charge in [0.1, 0.15) is 17.9 Å². The summed E-state index contributed by atoms with van der Waals surface area (Å²) >= 11 is 0. The van der Waals surface area contributed by atoms with E-state index in [1.165, 1.54) is 19.2 Å². The minimum atomic E-state index is -4.61. The Labute approximate surface area is 199 Å². The molecule has 0 saturated heterocycles. The van der Waals surface area contributed by atoms with Gasteiger partial charge in [-0.3, -0.25) is 4.79 Å². The molecule has 0 aliphatic heterocycles. The third-order valence-electron chi connectivity index (χ3n) is 6.98. The molecule has 4 atom stereocenters. The molecule has 2 aromatic rings. The molecule has 0 amide bonds. The lowest BCUT2D eigenvalue weighted by Gasteiger charge is -2.44. The molecular weight excluding hydrogens is 443 g/mol. The van der Waals surface area contributed by atoms with Crippen molar-refractivity contribution >= 4 is 11.7 Å². The topological polar surface area (TPSA) is 47.6 Å². The first kappa shape index (κ1) is 25.9. The fraction of sp³-hybridized carbons (Fsp3) is 0.519. The van der Waals surface area contributed by atoms with Crippen LogP contribution in [0.3, 0.4) is 0 Å². The number of esters is 1. The molecule has 186 valence electrons. The van der Waals surface area contributed by atoms with E-state index >= 15 is 0 Å². The fourth-order valence-corrected chi connectivity index (χ4v) is 4.89. The highest BCUT2D eigenvalue weighted by atomic mass is 19.4. The monoisotopic (exact) mass is 477 g/mol. The lowest BCUT2D eigenvalue weighted by molar-refractivity contribution is -0.169. The average Bonchev–Trinajstić information content (AvgIpc) is 2.79. The highest BCUT2D eigenvalue weighted by Crippen LogP contribution is 2.44. The van der Waals surface area contributed by atoms with E-state index in [1.54, 1.807) is 12.1 Å². The van der Waals surface area contributed by atoms with Crippen LogP contribution >= 0.6 is 0 Å². The molecular formula is C27H34F3NO3. The summed E-state index contributed by atoms with van der Waals surface area (Å²) in [5.41, 5.74) is 1.10. The summed E-state index contributed by atoms with van der Waals surface area (Å²) in [6.07, 6.45) is -3.33. The van der Waals surface area contributed by atoms with Crippen LogP contribution < -0.4 is 10.1 Å². The van der Waals surface area contributed by atoms with Crippen molar-refractivity contribution in [1.29, 1.82) is 0 Å². The Bertz CT molecular complexity index is 928. The lowest BCUT2D eigenvalue weighted by Crippen LogP contribution is -2.45. The van der Waals surface area contributed by atoms with Gasteiger partial charge in [0.25, 0.3) is 0 Å². The van der Waals surface area contributed by atoms with Crippen LogP contribution in [0, 0.1) is 11.8 Å². The van der Waals surface area contributed by atoms with Crippen LogP contribution in [0.1, 0.15) is 52.0 Å². The highest BCUT2D eigenvalue weighted by molar-refractivity contribution is 5.71. The Morgan fingerprint density at radius 3 is 2.29 bits per heavy atom. The summed E-state index contributed by atoms with van der Waals surface area (Å²) in [5.74, 6) is 0.0636. The molecule has 1 N–H and O–H groups in total. The number of methoxy groups -OCH3 is 1. The molecule has 7 heteroatoms. The number of alkyl halides is 3. The van der Waals surface area contributed by atoms with Gasteiger partial charge in [-0.05, 0) is 54.0 Å². The normalized spacial score (nSPS) is 22.0. The molecule has 2 aromatic carbocycles. The van der Waals surface area contributed by atoms with Gasteiger partial charge in [-0.15, -0.1) is 0 Å². The predicted octanol–water partition coefficient (Wildman–Crippen LogP) is 6.75. The van der Waals surface area contributed by atoms with Crippen LogP contribution in [0.25, 0.3) is 0 Å². The van der Waals surface area contributed by atoms with Crippen molar-refractivity contribution in [2.24, 2.45) is 11.8 Å². The summed E-state index contributed by atoms with van der Waals surface area (Å²) in [6, 6.07) is 14.1. The maximum absolute atomic E-state index is 13.7. The van der Waals surface area contributed by atoms with Gasteiger partial charge in [0.05, 0.1) is 13.5 Å².